The summed E-state index contributed by atoms with van der Waals surface area (Å²) in [7, 11) is -3.84. The second-order valence-electron chi connectivity index (χ2n) is 5.15. The van der Waals surface area contributed by atoms with Crippen LogP contribution in [-0.2, 0) is 14.8 Å². The molecule has 2 aromatic carbocycles. The normalized spacial score (nSPS) is 11.4. The Kier molecular flexibility index (Phi) is 4.20. The van der Waals surface area contributed by atoms with Gasteiger partial charge in [0, 0.05) is 12.6 Å². The number of hydrogen-bond donors (Lipinski definition) is 2. The fourth-order valence-electron chi connectivity index (χ4n) is 2.27. The van der Waals surface area contributed by atoms with Crippen LogP contribution in [0.2, 0.25) is 0 Å². The van der Waals surface area contributed by atoms with E-state index < -0.39 is 10.0 Å². The average Bonchev–Trinajstić information content (AvgIpc) is 2.99. The van der Waals surface area contributed by atoms with Crippen LogP contribution in [0, 0.1) is 6.92 Å². The maximum atomic E-state index is 12.7. The molecular weight excluding hydrogens is 348 g/mol. The molecule has 3 rings (SSSR count). The van der Waals surface area contributed by atoms with E-state index in [2.05, 4.69) is 18.8 Å². The molecule has 0 saturated carbocycles. The Labute approximate surface area is 143 Å². The van der Waals surface area contributed by atoms with Gasteiger partial charge in [-0.25, -0.2) is 8.42 Å². The number of sulfonamides is 1. The van der Waals surface area contributed by atoms with Crippen LogP contribution in [-0.4, -0.2) is 23.1 Å². The molecule has 0 aliphatic rings. The van der Waals surface area contributed by atoms with Gasteiger partial charge in [-0.1, -0.05) is 12.1 Å². The van der Waals surface area contributed by atoms with Crippen molar-refractivity contribution in [2.24, 2.45) is 0 Å². The molecule has 1 heterocycles. The quantitative estimate of drug-likeness (QED) is 0.743. The van der Waals surface area contributed by atoms with E-state index in [-0.39, 0.29) is 10.8 Å². The van der Waals surface area contributed by atoms with Gasteiger partial charge in [0.25, 0.3) is 10.0 Å². The third-order valence-corrected chi connectivity index (χ3v) is 5.37. The predicted molar refractivity (Wildman–Crippen MR) is 93.7 cm³/mol. The van der Waals surface area contributed by atoms with Gasteiger partial charge in [0.1, 0.15) is 15.9 Å². The molecule has 0 atom stereocenters. The Morgan fingerprint density at radius 3 is 2.54 bits per heavy atom. The highest BCUT2D eigenvalue weighted by molar-refractivity contribution is 7.93. The zero-order valence-corrected chi connectivity index (χ0v) is 14.5. The van der Waals surface area contributed by atoms with E-state index >= 15 is 0 Å². The first kappa shape index (κ1) is 16.3. The summed E-state index contributed by atoms with van der Waals surface area (Å²) in [6, 6.07) is 9.83. The van der Waals surface area contributed by atoms with Crippen LogP contribution in [0.25, 0.3) is 11.0 Å². The first-order valence-corrected chi connectivity index (χ1v) is 9.21. The van der Waals surface area contributed by atoms with Crippen molar-refractivity contribution in [1.82, 2.24) is 8.75 Å². The summed E-state index contributed by atoms with van der Waals surface area (Å²) in [5, 5.41) is 2.67. The van der Waals surface area contributed by atoms with Gasteiger partial charge in [-0.3, -0.25) is 9.52 Å². The Bertz CT molecular complexity index is 1030. The van der Waals surface area contributed by atoms with E-state index in [0.717, 1.165) is 11.7 Å². The van der Waals surface area contributed by atoms with Gasteiger partial charge >= 0.3 is 0 Å². The number of carbonyl (C=O) groups is 1. The molecular formula is C15H14N4O3S2. The smallest absolute Gasteiger partial charge is 0.264 e. The van der Waals surface area contributed by atoms with Crippen LogP contribution in [0.3, 0.4) is 0 Å². The minimum atomic E-state index is -3.84. The Hall–Kier alpha value is -2.52. The first-order valence-electron chi connectivity index (χ1n) is 7.00. The zero-order valence-electron chi connectivity index (χ0n) is 12.9. The van der Waals surface area contributed by atoms with E-state index in [4.69, 9.17) is 0 Å². The molecule has 0 aliphatic heterocycles. The van der Waals surface area contributed by atoms with Gasteiger partial charge in [-0.2, -0.15) is 8.75 Å². The van der Waals surface area contributed by atoms with Gasteiger partial charge in [0.05, 0.1) is 17.4 Å². The molecule has 124 valence electrons. The lowest BCUT2D eigenvalue weighted by atomic mass is 10.1. The molecule has 0 radical (unpaired) electrons. The molecule has 9 heteroatoms. The summed E-state index contributed by atoms with van der Waals surface area (Å²) >= 11 is 0.962. The number of amides is 1. The van der Waals surface area contributed by atoms with E-state index in [0.29, 0.717) is 28.0 Å². The molecule has 7 nitrogen and oxygen atoms in total. The van der Waals surface area contributed by atoms with E-state index in [1.807, 2.05) is 0 Å². The maximum Gasteiger partial charge on any atom is 0.264 e. The van der Waals surface area contributed by atoms with Crippen molar-refractivity contribution in [3.8, 4) is 0 Å². The van der Waals surface area contributed by atoms with Gasteiger partial charge < -0.3 is 5.32 Å². The second kappa shape index (κ2) is 6.17. The van der Waals surface area contributed by atoms with Gasteiger partial charge in [0.15, 0.2) is 0 Å². The van der Waals surface area contributed by atoms with Crippen molar-refractivity contribution < 1.29 is 13.2 Å². The van der Waals surface area contributed by atoms with Crippen molar-refractivity contribution in [1.29, 1.82) is 0 Å². The van der Waals surface area contributed by atoms with E-state index in [1.165, 1.54) is 13.0 Å². The number of anilines is 2. The summed E-state index contributed by atoms with van der Waals surface area (Å²) in [6.07, 6.45) is 0. The van der Waals surface area contributed by atoms with Crippen molar-refractivity contribution in [2.75, 3.05) is 10.0 Å². The van der Waals surface area contributed by atoms with Crippen molar-refractivity contribution in [3.05, 3.63) is 42.0 Å². The number of nitrogens with zero attached hydrogens (tertiary/aromatic N) is 2. The third-order valence-electron chi connectivity index (χ3n) is 3.43. The van der Waals surface area contributed by atoms with Crippen LogP contribution in [0.5, 0.6) is 0 Å². The van der Waals surface area contributed by atoms with Crippen LogP contribution in [0.15, 0.2) is 41.3 Å². The minimum absolute atomic E-state index is 0.0677. The number of aromatic nitrogens is 2. The van der Waals surface area contributed by atoms with Crippen LogP contribution < -0.4 is 10.0 Å². The third kappa shape index (κ3) is 3.08. The number of hydrogen-bond acceptors (Lipinski definition) is 6. The monoisotopic (exact) mass is 362 g/mol. The number of nitrogens with one attached hydrogen (secondary N) is 2. The van der Waals surface area contributed by atoms with Gasteiger partial charge in [-0.05, 0) is 36.8 Å². The van der Waals surface area contributed by atoms with Crippen LogP contribution in [0.4, 0.5) is 11.4 Å². The van der Waals surface area contributed by atoms with Crippen molar-refractivity contribution in [3.63, 3.8) is 0 Å². The Morgan fingerprint density at radius 1 is 1.08 bits per heavy atom. The second-order valence-corrected chi connectivity index (χ2v) is 7.33. The summed E-state index contributed by atoms with van der Waals surface area (Å²) in [6.45, 7) is 3.13. The average molecular weight is 362 g/mol. The van der Waals surface area contributed by atoms with E-state index in [1.54, 1.807) is 37.3 Å². The SMILES string of the molecule is CC(=O)Nc1cccc(NS(=O)(=O)c2cccc3nsnc23)c1C. The Morgan fingerprint density at radius 2 is 1.79 bits per heavy atom. The molecule has 0 fully saturated rings. The number of rotatable bonds is 4. The molecule has 0 unspecified atom stereocenters. The lowest BCUT2D eigenvalue weighted by molar-refractivity contribution is -0.114. The molecule has 0 saturated heterocycles. The fourth-order valence-corrected chi connectivity index (χ4v) is 4.16. The van der Waals surface area contributed by atoms with Crippen LogP contribution >= 0.6 is 11.7 Å². The van der Waals surface area contributed by atoms with Crippen LogP contribution in [0.1, 0.15) is 12.5 Å². The topological polar surface area (TPSA) is 101 Å². The molecule has 1 aromatic heterocycles. The molecule has 3 aromatic rings. The zero-order chi connectivity index (χ0) is 17.3. The van der Waals surface area contributed by atoms with Crippen molar-refractivity contribution >= 4 is 50.1 Å². The predicted octanol–water partition coefficient (Wildman–Crippen LogP) is 2.76. The Balaban J connectivity index is 2.01. The summed E-state index contributed by atoms with van der Waals surface area (Å²) in [5.74, 6) is -0.226. The minimum Gasteiger partial charge on any atom is -0.326 e. The first-order chi connectivity index (χ1) is 11.4. The molecule has 0 aliphatic carbocycles. The highest BCUT2D eigenvalue weighted by Crippen LogP contribution is 2.28. The molecule has 0 spiro atoms. The summed E-state index contributed by atoms with van der Waals surface area (Å²) in [4.78, 5) is 11.3. The molecule has 0 bridgehead atoms. The van der Waals surface area contributed by atoms with Gasteiger partial charge in [-0.15, -0.1) is 0 Å². The largest absolute Gasteiger partial charge is 0.326 e. The molecule has 24 heavy (non-hydrogen) atoms. The number of benzene rings is 2. The number of carbonyl (C=O) groups excluding carboxylic acids is 1. The highest BCUT2D eigenvalue weighted by Gasteiger charge is 2.20. The fraction of sp³-hybridized carbons (Fsp3) is 0.133. The lowest BCUT2D eigenvalue weighted by Gasteiger charge is -2.14. The standard InChI is InChI=1S/C15H14N4O3S2/c1-9-11(16-10(2)20)5-3-6-12(9)19-24(21,22)14-8-4-7-13-15(14)18-23-17-13/h3-8,19H,1-2H3,(H,16,20). The molecule has 2 N–H and O–H groups in total. The summed E-state index contributed by atoms with van der Waals surface area (Å²) in [5.41, 5.74) is 2.44. The van der Waals surface area contributed by atoms with E-state index in [9.17, 15) is 13.2 Å². The summed E-state index contributed by atoms with van der Waals surface area (Å²) < 4.78 is 36.1. The lowest BCUT2D eigenvalue weighted by Crippen LogP contribution is -2.15. The van der Waals surface area contributed by atoms with Gasteiger partial charge in [0.2, 0.25) is 5.91 Å². The highest BCUT2D eigenvalue weighted by atomic mass is 32.2. The maximum absolute atomic E-state index is 12.7. The van der Waals surface area contributed by atoms with Crippen molar-refractivity contribution in [2.45, 2.75) is 18.7 Å². The number of fused-ring (bicyclic) bond motifs is 1. The molecule has 1 amide bonds.